The highest BCUT2D eigenvalue weighted by Crippen LogP contribution is 2.44. The number of carbonyl (C=O) groups excluding carboxylic acids is 1. The Balaban J connectivity index is 1.48. The molecule has 0 aromatic heterocycles. The summed E-state index contributed by atoms with van der Waals surface area (Å²) < 4.78 is 5.49. The largest absolute Gasteiger partial charge is 0.449 e. The second kappa shape index (κ2) is 7.75. The van der Waals surface area contributed by atoms with Gasteiger partial charge in [0.15, 0.2) is 0 Å². The molecule has 1 aliphatic carbocycles. The van der Waals surface area contributed by atoms with Gasteiger partial charge in [0.1, 0.15) is 12.6 Å². The number of alkyl carbamates (subject to hydrolysis) is 1. The summed E-state index contributed by atoms with van der Waals surface area (Å²) in [5, 5.41) is 12.4. The first-order chi connectivity index (χ1) is 13.7. The van der Waals surface area contributed by atoms with Gasteiger partial charge in [-0.1, -0.05) is 78.3 Å². The van der Waals surface area contributed by atoms with Gasteiger partial charge in [-0.25, -0.2) is 4.79 Å². The molecule has 1 aliphatic rings. The molecule has 138 valence electrons. The molecule has 0 bridgehead atoms. The minimum atomic E-state index is -0.871. The van der Waals surface area contributed by atoms with Gasteiger partial charge in [0.2, 0.25) is 0 Å². The second-order valence-corrected chi connectivity index (χ2v) is 6.96. The highest BCUT2D eigenvalue weighted by molar-refractivity contribution is 6.31. The minimum Gasteiger partial charge on any atom is -0.449 e. The summed E-state index contributed by atoms with van der Waals surface area (Å²) in [6.07, 6.45) is -0.645. The number of carbonyl (C=O) groups is 1. The number of nitrogens with zero attached hydrogens (tertiary/aromatic N) is 1. The molecule has 28 heavy (non-hydrogen) atoms. The average molecular weight is 389 g/mol. The lowest BCUT2D eigenvalue weighted by Gasteiger charge is -2.17. The normalized spacial score (nSPS) is 13.1. The molecule has 0 saturated carbocycles. The molecule has 0 radical (unpaired) electrons. The van der Waals surface area contributed by atoms with E-state index in [1.807, 2.05) is 24.3 Å². The van der Waals surface area contributed by atoms with Crippen molar-refractivity contribution in [1.82, 2.24) is 5.32 Å². The molecular weight excluding hydrogens is 372 g/mol. The first-order valence-electron chi connectivity index (χ1n) is 8.94. The summed E-state index contributed by atoms with van der Waals surface area (Å²) in [6, 6.07) is 24.4. The van der Waals surface area contributed by atoms with Crippen LogP contribution in [0.25, 0.3) is 11.1 Å². The van der Waals surface area contributed by atoms with Crippen LogP contribution < -0.4 is 5.32 Å². The SMILES string of the molecule is N#CC(NC(=O)OCC1c2ccccc2-c2ccccc21)c1ccccc1Cl. The van der Waals surface area contributed by atoms with Crippen LogP contribution in [0.4, 0.5) is 4.79 Å². The van der Waals surface area contributed by atoms with Gasteiger partial charge in [0.25, 0.3) is 0 Å². The van der Waals surface area contributed by atoms with Crippen molar-refractivity contribution < 1.29 is 9.53 Å². The van der Waals surface area contributed by atoms with Gasteiger partial charge in [-0.15, -0.1) is 0 Å². The first-order valence-corrected chi connectivity index (χ1v) is 9.32. The number of hydrogen-bond acceptors (Lipinski definition) is 3. The lowest BCUT2D eigenvalue weighted by Crippen LogP contribution is -2.29. The Morgan fingerprint density at radius 2 is 1.57 bits per heavy atom. The van der Waals surface area contributed by atoms with Crippen LogP contribution in [0.5, 0.6) is 0 Å². The Morgan fingerprint density at radius 1 is 1.00 bits per heavy atom. The van der Waals surface area contributed by atoms with E-state index in [0.29, 0.717) is 10.6 Å². The van der Waals surface area contributed by atoms with E-state index in [1.54, 1.807) is 24.3 Å². The molecule has 0 saturated heterocycles. The third kappa shape index (κ3) is 3.33. The predicted octanol–water partition coefficient (Wildman–Crippen LogP) is 5.44. The summed E-state index contributed by atoms with van der Waals surface area (Å²) >= 11 is 6.13. The predicted molar refractivity (Wildman–Crippen MR) is 108 cm³/mol. The van der Waals surface area contributed by atoms with Crippen LogP contribution in [0.3, 0.4) is 0 Å². The van der Waals surface area contributed by atoms with Crippen LogP contribution in [-0.4, -0.2) is 12.7 Å². The molecule has 4 rings (SSSR count). The fourth-order valence-corrected chi connectivity index (χ4v) is 3.89. The number of hydrogen-bond donors (Lipinski definition) is 1. The van der Waals surface area contributed by atoms with Gasteiger partial charge in [-0.2, -0.15) is 5.26 Å². The Kier molecular flexibility index (Phi) is 5.01. The zero-order valence-corrected chi connectivity index (χ0v) is 15.7. The van der Waals surface area contributed by atoms with Crippen LogP contribution in [0, 0.1) is 11.3 Å². The van der Waals surface area contributed by atoms with Crippen molar-refractivity contribution in [2.24, 2.45) is 0 Å². The van der Waals surface area contributed by atoms with Gasteiger partial charge >= 0.3 is 6.09 Å². The molecule has 1 amide bonds. The Morgan fingerprint density at radius 3 is 2.18 bits per heavy atom. The van der Waals surface area contributed by atoms with Crippen molar-refractivity contribution in [3.63, 3.8) is 0 Å². The molecule has 1 unspecified atom stereocenters. The maximum atomic E-state index is 12.4. The van der Waals surface area contributed by atoms with E-state index in [2.05, 4.69) is 35.7 Å². The number of ether oxygens (including phenoxy) is 1. The zero-order valence-electron chi connectivity index (χ0n) is 14.9. The monoisotopic (exact) mass is 388 g/mol. The molecule has 5 heteroatoms. The van der Waals surface area contributed by atoms with Gasteiger partial charge in [0, 0.05) is 16.5 Å². The number of nitriles is 1. The number of rotatable bonds is 4. The Labute approximate surface area is 168 Å². The summed E-state index contributed by atoms with van der Waals surface area (Å²) in [6.45, 7) is 0.195. The number of amides is 1. The van der Waals surface area contributed by atoms with Crippen LogP contribution >= 0.6 is 11.6 Å². The van der Waals surface area contributed by atoms with Crippen molar-refractivity contribution in [1.29, 1.82) is 5.26 Å². The molecule has 3 aromatic carbocycles. The van der Waals surface area contributed by atoms with Crippen LogP contribution in [0.1, 0.15) is 28.7 Å². The number of fused-ring (bicyclic) bond motifs is 3. The molecule has 1 N–H and O–H groups in total. The maximum Gasteiger partial charge on any atom is 0.408 e. The topological polar surface area (TPSA) is 62.1 Å². The van der Waals surface area contributed by atoms with E-state index in [-0.39, 0.29) is 12.5 Å². The third-order valence-corrected chi connectivity index (χ3v) is 5.30. The summed E-state index contributed by atoms with van der Waals surface area (Å²) in [5.74, 6) is -0.0287. The smallest absolute Gasteiger partial charge is 0.408 e. The second-order valence-electron chi connectivity index (χ2n) is 6.55. The number of nitrogens with one attached hydrogen (secondary N) is 1. The molecular formula is C23H17ClN2O2. The van der Waals surface area contributed by atoms with Crippen molar-refractivity contribution >= 4 is 17.7 Å². The summed E-state index contributed by atoms with van der Waals surface area (Å²) in [4.78, 5) is 12.4. The van der Waals surface area contributed by atoms with E-state index < -0.39 is 12.1 Å². The quantitative estimate of drug-likeness (QED) is 0.647. The van der Waals surface area contributed by atoms with Crippen LogP contribution in [0.15, 0.2) is 72.8 Å². The van der Waals surface area contributed by atoms with Gasteiger partial charge in [-0.3, -0.25) is 0 Å². The molecule has 0 heterocycles. The van der Waals surface area contributed by atoms with Gasteiger partial charge < -0.3 is 10.1 Å². The van der Waals surface area contributed by atoms with E-state index >= 15 is 0 Å². The van der Waals surface area contributed by atoms with E-state index in [0.717, 1.165) is 22.3 Å². The Hall–Kier alpha value is -3.29. The summed E-state index contributed by atoms with van der Waals surface area (Å²) in [5.41, 5.74) is 5.15. The Bertz CT molecular complexity index is 1030. The third-order valence-electron chi connectivity index (χ3n) is 4.95. The number of benzene rings is 3. The minimum absolute atomic E-state index is 0.0287. The first kappa shape index (κ1) is 18.1. The lowest BCUT2D eigenvalue weighted by molar-refractivity contribution is 0.141. The van der Waals surface area contributed by atoms with Gasteiger partial charge in [-0.05, 0) is 28.3 Å². The van der Waals surface area contributed by atoms with Crippen molar-refractivity contribution in [2.45, 2.75) is 12.0 Å². The number of halogens is 1. The fourth-order valence-electron chi connectivity index (χ4n) is 3.65. The van der Waals surface area contributed by atoms with E-state index in [1.165, 1.54) is 0 Å². The highest BCUT2D eigenvalue weighted by atomic mass is 35.5. The van der Waals surface area contributed by atoms with Gasteiger partial charge in [0.05, 0.1) is 6.07 Å². The van der Waals surface area contributed by atoms with Crippen LogP contribution in [-0.2, 0) is 4.74 Å². The van der Waals surface area contributed by atoms with Crippen molar-refractivity contribution in [2.75, 3.05) is 6.61 Å². The molecule has 0 fully saturated rings. The molecule has 3 aromatic rings. The molecule has 0 spiro atoms. The van der Waals surface area contributed by atoms with E-state index in [4.69, 9.17) is 16.3 Å². The average Bonchev–Trinajstić information content (AvgIpc) is 3.05. The lowest BCUT2D eigenvalue weighted by atomic mass is 9.98. The zero-order chi connectivity index (χ0) is 19.5. The van der Waals surface area contributed by atoms with E-state index in [9.17, 15) is 10.1 Å². The highest BCUT2D eigenvalue weighted by Gasteiger charge is 2.29. The standard InChI is InChI=1S/C23H17ClN2O2/c24-21-12-6-5-11-19(21)22(13-25)26-23(27)28-14-20-17-9-3-1-7-15(17)16-8-2-4-10-18(16)20/h1-12,20,22H,14H2,(H,26,27). The fraction of sp³-hybridized carbons (Fsp3) is 0.130. The molecule has 4 nitrogen and oxygen atoms in total. The van der Waals surface area contributed by atoms with Crippen molar-refractivity contribution in [3.05, 3.63) is 94.5 Å². The van der Waals surface area contributed by atoms with Crippen LogP contribution in [0.2, 0.25) is 5.02 Å². The molecule has 1 atom stereocenters. The molecule has 0 aliphatic heterocycles. The summed E-state index contributed by atoms with van der Waals surface area (Å²) in [7, 11) is 0. The van der Waals surface area contributed by atoms with Crippen molar-refractivity contribution in [3.8, 4) is 17.2 Å². The maximum absolute atomic E-state index is 12.4.